The molecule has 1 aliphatic rings. The van der Waals surface area contributed by atoms with Crippen molar-refractivity contribution < 1.29 is 24.0 Å². The van der Waals surface area contributed by atoms with E-state index in [1.165, 1.54) is 12.1 Å². The molecule has 0 amide bonds. The lowest BCUT2D eigenvalue weighted by atomic mass is 10.1. The van der Waals surface area contributed by atoms with Gasteiger partial charge in [0.2, 0.25) is 0 Å². The molecule has 1 aromatic rings. The Hall–Kier alpha value is -1.87. The summed E-state index contributed by atoms with van der Waals surface area (Å²) in [5, 5.41) is 1.44. The van der Waals surface area contributed by atoms with Crippen molar-refractivity contribution in [1.82, 2.24) is 0 Å². The molecule has 2 atom stereocenters. The molecule has 0 aliphatic carbocycles. The molecule has 134 valence electrons. The van der Waals surface area contributed by atoms with Crippen LogP contribution in [-0.4, -0.2) is 38.6 Å². The van der Waals surface area contributed by atoms with Crippen LogP contribution >= 0.6 is 0 Å². The first-order chi connectivity index (χ1) is 11.6. The van der Waals surface area contributed by atoms with Crippen LogP contribution in [-0.2, 0) is 19.2 Å². The minimum atomic E-state index is -0.505. The largest absolute Gasteiger partial charge is 0.465 e. The minimum Gasteiger partial charge on any atom is -0.465 e. The van der Waals surface area contributed by atoms with Gasteiger partial charge in [0.25, 0.3) is 0 Å². The van der Waals surface area contributed by atoms with Crippen molar-refractivity contribution in [3.63, 3.8) is 0 Å². The van der Waals surface area contributed by atoms with E-state index < -0.39 is 5.97 Å². The number of para-hydroxylation sites is 1. The number of nitrogen functional groups attached to an aromatic ring is 1. The summed E-state index contributed by atoms with van der Waals surface area (Å²) in [7, 11) is 1.31. The van der Waals surface area contributed by atoms with Crippen molar-refractivity contribution in [2.75, 3.05) is 31.1 Å². The van der Waals surface area contributed by atoms with Crippen LogP contribution in [0.4, 0.5) is 11.4 Å². The van der Waals surface area contributed by atoms with E-state index in [0.29, 0.717) is 18.9 Å². The van der Waals surface area contributed by atoms with Crippen molar-refractivity contribution in [1.29, 1.82) is 0 Å². The molecule has 1 aromatic carbocycles. The van der Waals surface area contributed by atoms with Crippen molar-refractivity contribution in [3.05, 3.63) is 23.8 Å². The van der Waals surface area contributed by atoms with Gasteiger partial charge in [0.15, 0.2) is 0 Å². The Morgan fingerprint density at radius 3 is 2.88 bits per heavy atom. The molecule has 0 saturated carbocycles. The summed E-state index contributed by atoms with van der Waals surface area (Å²) < 4.78 is 10.6. The van der Waals surface area contributed by atoms with Crippen LogP contribution in [0.25, 0.3) is 0 Å². The van der Waals surface area contributed by atoms with E-state index in [4.69, 9.17) is 30.8 Å². The standard InChI is InChI=1S/C16H25N3O5/c1-3-9-22-23-10-11-7-8-14(24-11)19(18)13-6-4-5-12(15(13)17)16(20)21-2/h4-6,11,14H,3,7-10,17-18H2,1-2H3. The van der Waals surface area contributed by atoms with Crippen molar-refractivity contribution in [3.8, 4) is 0 Å². The van der Waals surface area contributed by atoms with E-state index in [1.54, 1.807) is 18.2 Å². The van der Waals surface area contributed by atoms with Gasteiger partial charge in [0, 0.05) is 0 Å². The van der Waals surface area contributed by atoms with Gasteiger partial charge in [-0.15, -0.1) is 0 Å². The maximum atomic E-state index is 11.7. The number of carbonyl (C=O) groups excluding carboxylic acids is 1. The van der Waals surface area contributed by atoms with Gasteiger partial charge in [0.1, 0.15) is 12.8 Å². The Bertz CT molecular complexity index is 555. The number of nitrogens with zero attached hydrogens (tertiary/aromatic N) is 1. The number of methoxy groups -OCH3 is 1. The summed E-state index contributed by atoms with van der Waals surface area (Å²) in [6.07, 6.45) is 1.97. The summed E-state index contributed by atoms with van der Waals surface area (Å²) in [6.45, 7) is 2.91. The quantitative estimate of drug-likeness (QED) is 0.184. The topological polar surface area (TPSA) is 109 Å². The number of hydrogen-bond acceptors (Lipinski definition) is 8. The molecule has 8 nitrogen and oxygen atoms in total. The van der Waals surface area contributed by atoms with Crippen LogP contribution in [0.15, 0.2) is 18.2 Å². The molecule has 0 aromatic heterocycles. The van der Waals surface area contributed by atoms with Crippen molar-refractivity contribution in [2.45, 2.75) is 38.5 Å². The van der Waals surface area contributed by atoms with Crippen LogP contribution in [0.1, 0.15) is 36.5 Å². The zero-order valence-corrected chi connectivity index (χ0v) is 14.1. The number of rotatable bonds is 8. The second-order valence-electron chi connectivity index (χ2n) is 5.53. The number of hydrazine groups is 1. The summed E-state index contributed by atoms with van der Waals surface area (Å²) in [4.78, 5) is 21.8. The molecule has 4 N–H and O–H groups in total. The fourth-order valence-electron chi connectivity index (χ4n) is 2.50. The van der Waals surface area contributed by atoms with Gasteiger partial charge in [-0.1, -0.05) is 13.0 Å². The highest BCUT2D eigenvalue weighted by Gasteiger charge is 2.30. The number of hydrogen-bond donors (Lipinski definition) is 2. The summed E-state index contributed by atoms with van der Waals surface area (Å²) in [5.41, 5.74) is 7.11. The molecular formula is C16H25N3O5. The van der Waals surface area contributed by atoms with Crippen molar-refractivity contribution in [2.24, 2.45) is 5.84 Å². The van der Waals surface area contributed by atoms with E-state index >= 15 is 0 Å². The summed E-state index contributed by atoms with van der Waals surface area (Å²) in [6, 6.07) is 5.03. The third-order valence-corrected chi connectivity index (χ3v) is 3.79. The summed E-state index contributed by atoms with van der Waals surface area (Å²) >= 11 is 0. The first-order valence-corrected chi connectivity index (χ1v) is 7.99. The number of benzene rings is 1. The van der Waals surface area contributed by atoms with E-state index in [2.05, 4.69) is 0 Å². The molecule has 1 heterocycles. The van der Waals surface area contributed by atoms with Gasteiger partial charge < -0.3 is 15.2 Å². The van der Waals surface area contributed by atoms with Crippen molar-refractivity contribution >= 4 is 17.3 Å². The zero-order chi connectivity index (χ0) is 17.5. The lowest BCUT2D eigenvalue weighted by Crippen LogP contribution is -2.42. The van der Waals surface area contributed by atoms with Gasteiger partial charge in [0.05, 0.1) is 36.8 Å². The van der Waals surface area contributed by atoms with Crippen LogP contribution in [0.3, 0.4) is 0 Å². The monoisotopic (exact) mass is 339 g/mol. The predicted molar refractivity (Wildman–Crippen MR) is 89.0 cm³/mol. The van der Waals surface area contributed by atoms with Crippen LogP contribution in [0.2, 0.25) is 0 Å². The zero-order valence-electron chi connectivity index (χ0n) is 14.1. The normalized spacial score (nSPS) is 20.1. The fraction of sp³-hybridized carbons (Fsp3) is 0.562. The van der Waals surface area contributed by atoms with E-state index in [0.717, 1.165) is 19.3 Å². The Balaban J connectivity index is 1.97. The number of carbonyl (C=O) groups is 1. The Morgan fingerprint density at radius 2 is 2.17 bits per heavy atom. The van der Waals surface area contributed by atoms with Crippen LogP contribution < -0.4 is 16.6 Å². The highest BCUT2D eigenvalue weighted by atomic mass is 17.2. The molecule has 24 heavy (non-hydrogen) atoms. The predicted octanol–water partition coefficient (Wildman–Crippen LogP) is 1.60. The van der Waals surface area contributed by atoms with Crippen LogP contribution in [0, 0.1) is 0 Å². The highest BCUT2D eigenvalue weighted by Crippen LogP contribution is 2.31. The number of nitrogens with two attached hydrogens (primary N) is 2. The molecule has 8 heteroatoms. The lowest BCUT2D eigenvalue weighted by molar-refractivity contribution is -0.306. The van der Waals surface area contributed by atoms with Gasteiger partial charge in [-0.2, -0.15) is 0 Å². The SMILES string of the molecule is CCCOOCC1CCC(N(N)c2cccc(C(=O)OC)c2N)O1. The average Bonchev–Trinajstić information content (AvgIpc) is 3.06. The molecule has 1 fully saturated rings. The first-order valence-electron chi connectivity index (χ1n) is 7.99. The van der Waals surface area contributed by atoms with Crippen LogP contribution in [0.5, 0.6) is 0 Å². The number of esters is 1. The molecule has 1 aliphatic heterocycles. The molecule has 0 spiro atoms. The Kier molecular flexibility index (Phi) is 6.80. The molecule has 0 bridgehead atoms. The second kappa shape index (κ2) is 8.84. The molecule has 0 radical (unpaired) electrons. The molecule has 2 rings (SSSR count). The molecule has 1 saturated heterocycles. The molecular weight excluding hydrogens is 314 g/mol. The van der Waals surface area contributed by atoms with Gasteiger partial charge >= 0.3 is 5.97 Å². The van der Waals surface area contributed by atoms with Gasteiger partial charge in [-0.3, -0.25) is 5.01 Å². The minimum absolute atomic E-state index is 0.0945. The lowest BCUT2D eigenvalue weighted by Gasteiger charge is -2.27. The first kappa shape index (κ1) is 18.5. The van der Waals surface area contributed by atoms with E-state index in [1.807, 2.05) is 6.92 Å². The van der Waals surface area contributed by atoms with E-state index in [9.17, 15) is 4.79 Å². The van der Waals surface area contributed by atoms with E-state index in [-0.39, 0.29) is 23.6 Å². The maximum absolute atomic E-state index is 11.7. The number of ether oxygens (including phenoxy) is 2. The Labute approximate surface area is 141 Å². The fourth-order valence-corrected chi connectivity index (χ4v) is 2.50. The van der Waals surface area contributed by atoms with Gasteiger partial charge in [-0.25, -0.2) is 20.4 Å². The summed E-state index contributed by atoms with van der Waals surface area (Å²) in [5.74, 6) is 5.65. The van der Waals surface area contributed by atoms with Gasteiger partial charge in [-0.05, 0) is 31.4 Å². The third-order valence-electron chi connectivity index (χ3n) is 3.79. The Morgan fingerprint density at radius 1 is 1.38 bits per heavy atom. The smallest absolute Gasteiger partial charge is 0.340 e. The number of anilines is 2. The average molecular weight is 339 g/mol. The third kappa shape index (κ3) is 4.35. The second-order valence-corrected chi connectivity index (χ2v) is 5.53. The molecule has 2 unspecified atom stereocenters. The maximum Gasteiger partial charge on any atom is 0.340 e. The highest BCUT2D eigenvalue weighted by molar-refractivity contribution is 5.98.